The molecule has 4 nitrogen and oxygen atoms in total. The van der Waals surface area contributed by atoms with E-state index in [0.717, 1.165) is 22.7 Å². The van der Waals surface area contributed by atoms with Crippen molar-refractivity contribution in [1.82, 2.24) is 4.98 Å². The lowest BCUT2D eigenvalue weighted by molar-refractivity contribution is 0.311. The fourth-order valence-corrected chi connectivity index (χ4v) is 2.11. The van der Waals surface area contributed by atoms with Crippen LogP contribution in [0.3, 0.4) is 0 Å². The molecule has 96 valence electrons. The Labute approximate surface area is 111 Å². The van der Waals surface area contributed by atoms with Gasteiger partial charge in [-0.05, 0) is 24.6 Å². The molecule has 0 aliphatic carbocycles. The normalized spacial score (nSPS) is 11.9. The number of pyridine rings is 1. The summed E-state index contributed by atoms with van der Waals surface area (Å²) < 4.78 is 26.6. The van der Waals surface area contributed by atoms with Crippen molar-refractivity contribution in [2.45, 2.75) is 13.5 Å². The van der Waals surface area contributed by atoms with Crippen LogP contribution in [-0.2, 0) is 20.9 Å². The van der Waals surface area contributed by atoms with Gasteiger partial charge in [0, 0.05) is 10.9 Å². The molecule has 0 spiro atoms. The third kappa shape index (κ3) is 3.19. The van der Waals surface area contributed by atoms with Crippen molar-refractivity contribution < 1.29 is 12.6 Å². The number of aromatic nitrogens is 1. The molecule has 0 aliphatic heterocycles. The topological polar surface area (TPSA) is 56.3 Å². The van der Waals surface area contributed by atoms with Crippen molar-refractivity contribution in [2.24, 2.45) is 0 Å². The minimum absolute atomic E-state index is 0.103. The highest BCUT2D eigenvalue weighted by Crippen LogP contribution is 2.22. The van der Waals surface area contributed by atoms with Gasteiger partial charge in [-0.1, -0.05) is 23.7 Å². The van der Waals surface area contributed by atoms with Gasteiger partial charge in [-0.15, -0.1) is 0 Å². The summed E-state index contributed by atoms with van der Waals surface area (Å²) in [4.78, 5) is 4.23. The Balaban J connectivity index is 2.40. The predicted octanol–water partition coefficient (Wildman–Crippen LogP) is 2.67. The van der Waals surface area contributed by atoms with Crippen molar-refractivity contribution >= 4 is 32.6 Å². The Bertz CT molecular complexity index is 698. The number of rotatable bonds is 3. The molecule has 6 heteroatoms. The summed E-state index contributed by atoms with van der Waals surface area (Å²) in [6.45, 7) is 1.87. The van der Waals surface area contributed by atoms with E-state index < -0.39 is 10.1 Å². The predicted molar refractivity (Wildman–Crippen MR) is 71.1 cm³/mol. The molecular weight excluding hydrogens is 274 g/mol. The molecule has 0 saturated carbocycles. The molecular formula is C12H12ClNO3S. The molecule has 1 aromatic heterocycles. The second kappa shape index (κ2) is 4.84. The zero-order valence-electron chi connectivity index (χ0n) is 9.97. The van der Waals surface area contributed by atoms with E-state index in [1.807, 2.05) is 25.1 Å². The van der Waals surface area contributed by atoms with Crippen LogP contribution in [0.25, 0.3) is 10.9 Å². The minimum atomic E-state index is -3.49. The Hall–Kier alpha value is -1.17. The fourth-order valence-electron chi connectivity index (χ4n) is 1.57. The van der Waals surface area contributed by atoms with Gasteiger partial charge in [0.05, 0.1) is 18.4 Å². The van der Waals surface area contributed by atoms with Crippen LogP contribution in [0.5, 0.6) is 0 Å². The van der Waals surface area contributed by atoms with E-state index in [4.69, 9.17) is 15.8 Å². The number of nitrogens with zero attached hydrogens (tertiary/aromatic N) is 1. The SMILES string of the molecule is Cc1ccc2cc(COS(C)(=O)=O)c(Cl)nc2c1. The number of fused-ring (bicyclic) bond motifs is 1. The molecule has 2 aromatic rings. The van der Waals surface area contributed by atoms with Crippen LogP contribution in [0, 0.1) is 6.92 Å². The molecule has 0 N–H and O–H groups in total. The lowest BCUT2D eigenvalue weighted by Gasteiger charge is -2.06. The highest BCUT2D eigenvalue weighted by Gasteiger charge is 2.09. The lowest BCUT2D eigenvalue weighted by Crippen LogP contribution is -2.03. The second-order valence-electron chi connectivity index (χ2n) is 4.10. The Morgan fingerprint density at radius 3 is 2.72 bits per heavy atom. The summed E-state index contributed by atoms with van der Waals surface area (Å²) >= 11 is 6.00. The molecule has 0 amide bonds. The molecule has 18 heavy (non-hydrogen) atoms. The van der Waals surface area contributed by atoms with Crippen molar-refractivity contribution in [1.29, 1.82) is 0 Å². The van der Waals surface area contributed by atoms with Gasteiger partial charge in [-0.2, -0.15) is 8.42 Å². The molecule has 0 aliphatic rings. The van der Waals surface area contributed by atoms with Crippen LogP contribution in [-0.4, -0.2) is 19.7 Å². The highest BCUT2D eigenvalue weighted by atomic mass is 35.5. The second-order valence-corrected chi connectivity index (χ2v) is 6.10. The quantitative estimate of drug-likeness (QED) is 0.643. The molecule has 1 aromatic carbocycles. The number of hydrogen-bond donors (Lipinski definition) is 0. The minimum Gasteiger partial charge on any atom is -0.265 e. The average Bonchev–Trinajstić information content (AvgIpc) is 2.25. The van der Waals surface area contributed by atoms with Gasteiger partial charge in [0.1, 0.15) is 5.15 Å². The first-order valence-electron chi connectivity index (χ1n) is 5.25. The molecule has 0 fully saturated rings. The molecule has 1 heterocycles. The van der Waals surface area contributed by atoms with E-state index >= 15 is 0 Å². The summed E-state index contributed by atoms with van der Waals surface area (Å²) in [5.74, 6) is 0. The summed E-state index contributed by atoms with van der Waals surface area (Å²) in [6, 6.07) is 7.58. The summed E-state index contributed by atoms with van der Waals surface area (Å²) in [6.07, 6.45) is 0.999. The summed E-state index contributed by atoms with van der Waals surface area (Å²) in [7, 11) is -3.49. The van der Waals surface area contributed by atoms with Crippen LogP contribution in [0.15, 0.2) is 24.3 Å². The molecule has 0 radical (unpaired) electrons. The third-order valence-corrected chi connectivity index (χ3v) is 3.30. The highest BCUT2D eigenvalue weighted by molar-refractivity contribution is 7.85. The zero-order valence-corrected chi connectivity index (χ0v) is 11.5. The molecule has 0 bridgehead atoms. The first-order valence-corrected chi connectivity index (χ1v) is 7.45. The van der Waals surface area contributed by atoms with Crippen LogP contribution in [0.2, 0.25) is 5.15 Å². The maximum absolute atomic E-state index is 10.9. The maximum atomic E-state index is 10.9. The number of aryl methyl sites for hydroxylation is 1. The smallest absolute Gasteiger partial charge is 0.264 e. The first kappa shape index (κ1) is 13.3. The van der Waals surface area contributed by atoms with Gasteiger partial charge in [-0.25, -0.2) is 4.98 Å². The van der Waals surface area contributed by atoms with E-state index in [1.54, 1.807) is 6.07 Å². The van der Waals surface area contributed by atoms with Gasteiger partial charge >= 0.3 is 0 Å². The largest absolute Gasteiger partial charge is 0.265 e. The Kier molecular flexibility index (Phi) is 3.56. The number of hydrogen-bond acceptors (Lipinski definition) is 4. The van der Waals surface area contributed by atoms with Gasteiger partial charge in [0.2, 0.25) is 0 Å². The Morgan fingerprint density at radius 1 is 1.33 bits per heavy atom. The molecule has 2 rings (SSSR count). The van der Waals surface area contributed by atoms with Crippen molar-refractivity contribution in [3.05, 3.63) is 40.5 Å². The van der Waals surface area contributed by atoms with Crippen LogP contribution < -0.4 is 0 Å². The van der Waals surface area contributed by atoms with Crippen molar-refractivity contribution in [2.75, 3.05) is 6.26 Å². The molecule has 0 saturated heterocycles. The van der Waals surface area contributed by atoms with E-state index in [2.05, 4.69) is 4.98 Å². The fraction of sp³-hybridized carbons (Fsp3) is 0.250. The summed E-state index contributed by atoms with van der Waals surface area (Å²) in [5.41, 5.74) is 2.42. The number of benzene rings is 1. The van der Waals surface area contributed by atoms with Crippen LogP contribution >= 0.6 is 11.6 Å². The Morgan fingerprint density at radius 2 is 2.06 bits per heavy atom. The van der Waals surface area contributed by atoms with Gasteiger partial charge in [0.25, 0.3) is 10.1 Å². The standard InChI is InChI=1S/C12H12ClNO3S/c1-8-3-4-9-6-10(7-17-18(2,15)16)12(13)14-11(9)5-8/h3-6H,7H2,1-2H3. The van der Waals surface area contributed by atoms with E-state index in [-0.39, 0.29) is 11.8 Å². The third-order valence-electron chi connectivity index (χ3n) is 2.43. The molecule has 0 unspecified atom stereocenters. The van der Waals surface area contributed by atoms with E-state index in [9.17, 15) is 8.42 Å². The first-order chi connectivity index (χ1) is 8.35. The lowest BCUT2D eigenvalue weighted by atomic mass is 10.1. The van der Waals surface area contributed by atoms with Crippen LogP contribution in [0.1, 0.15) is 11.1 Å². The van der Waals surface area contributed by atoms with Gasteiger partial charge < -0.3 is 0 Å². The van der Waals surface area contributed by atoms with E-state index in [1.165, 1.54) is 0 Å². The maximum Gasteiger partial charge on any atom is 0.264 e. The monoisotopic (exact) mass is 285 g/mol. The number of halogens is 1. The van der Waals surface area contributed by atoms with Gasteiger partial charge in [0.15, 0.2) is 0 Å². The average molecular weight is 286 g/mol. The van der Waals surface area contributed by atoms with Crippen LogP contribution in [0.4, 0.5) is 0 Å². The summed E-state index contributed by atoms with van der Waals surface area (Å²) in [5, 5.41) is 1.16. The van der Waals surface area contributed by atoms with Crippen molar-refractivity contribution in [3.63, 3.8) is 0 Å². The van der Waals surface area contributed by atoms with Gasteiger partial charge in [-0.3, -0.25) is 4.18 Å². The van der Waals surface area contributed by atoms with E-state index in [0.29, 0.717) is 5.56 Å². The molecule has 0 atom stereocenters. The zero-order chi connectivity index (χ0) is 13.3. The van der Waals surface area contributed by atoms with Crippen molar-refractivity contribution in [3.8, 4) is 0 Å².